The van der Waals surface area contributed by atoms with E-state index in [0.29, 0.717) is 6.42 Å². The van der Waals surface area contributed by atoms with Gasteiger partial charge in [-0.25, -0.2) is 4.39 Å². The Balaban J connectivity index is 2.07. The Bertz CT molecular complexity index is 417. The van der Waals surface area contributed by atoms with Crippen molar-refractivity contribution < 1.29 is 9.13 Å². The summed E-state index contributed by atoms with van der Waals surface area (Å²) in [4.78, 5) is 0. The molecule has 0 spiro atoms. The van der Waals surface area contributed by atoms with Crippen molar-refractivity contribution in [1.82, 2.24) is 5.32 Å². The van der Waals surface area contributed by atoms with Crippen LogP contribution in [0.1, 0.15) is 25.3 Å². The smallest absolute Gasteiger partial charge is 0.126 e. The van der Waals surface area contributed by atoms with Gasteiger partial charge in [0.05, 0.1) is 12.6 Å². The zero-order valence-electron chi connectivity index (χ0n) is 10.8. The molecule has 2 rings (SSSR count). The second kappa shape index (κ2) is 6.55. The standard InChI is InChI=1S/C15H20FNO/c1-2-9-17-14(15-8-5-10-18-15)11-12-6-3-4-7-13(12)16/h3-4,6-8,14,17H,2,5,9-11H2,1H3. The molecule has 1 aliphatic heterocycles. The Hall–Kier alpha value is -1.35. The van der Waals surface area contributed by atoms with E-state index in [1.165, 1.54) is 6.07 Å². The fourth-order valence-electron chi connectivity index (χ4n) is 2.16. The van der Waals surface area contributed by atoms with Crippen LogP contribution >= 0.6 is 0 Å². The van der Waals surface area contributed by atoms with Gasteiger partial charge in [-0.2, -0.15) is 0 Å². The van der Waals surface area contributed by atoms with E-state index in [4.69, 9.17) is 4.74 Å². The lowest BCUT2D eigenvalue weighted by Gasteiger charge is -2.20. The topological polar surface area (TPSA) is 21.3 Å². The molecule has 0 radical (unpaired) electrons. The molecule has 3 heteroatoms. The third kappa shape index (κ3) is 3.33. The van der Waals surface area contributed by atoms with Crippen molar-refractivity contribution in [2.24, 2.45) is 0 Å². The van der Waals surface area contributed by atoms with E-state index in [0.717, 1.165) is 37.3 Å². The highest BCUT2D eigenvalue weighted by molar-refractivity contribution is 5.21. The first kappa shape index (κ1) is 13.1. The molecule has 2 nitrogen and oxygen atoms in total. The molecule has 0 amide bonds. The number of halogens is 1. The maximum Gasteiger partial charge on any atom is 0.126 e. The predicted octanol–water partition coefficient (Wildman–Crippen LogP) is 3.04. The normalized spacial score (nSPS) is 16.2. The second-order valence-electron chi connectivity index (χ2n) is 4.55. The molecule has 0 aliphatic carbocycles. The molecule has 1 N–H and O–H groups in total. The van der Waals surface area contributed by atoms with Crippen LogP contribution in [0.4, 0.5) is 4.39 Å². The summed E-state index contributed by atoms with van der Waals surface area (Å²) in [7, 11) is 0. The van der Waals surface area contributed by atoms with E-state index in [9.17, 15) is 4.39 Å². The van der Waals surface area contributed by atoms with Gasteiger partial charge in [0.1, 0.15) is 11.6 Å². The molecule has 0 saturated carbocycles. The van der Waals surface area contributed by atoms with Crippen molar-refractivity contribution >= 4 is 0 Å². The fraction of sp³-hybridized carbons (Fsp3) is 0.467. The van der Waals surface area contributed by atoms with Gasteiger partial charge in [0.25, 0.3) is 0 Å². The van der Waals surface area contributed by atoms with E-state index >= 15 is 0 Å². The van der Waals surface area contributed by atoms with Gasteiger partial charge in [-0.3, -0.25) is 0 Å². The van der Waals surface area contributed by atoms with Gasteiger partial charge in [0.2, 0.25) is 0 Å². The van der Waals surface area contributed by atoms with Crippen LogP contribution in [-0.2, 0) is 11.2 Å². The van der Waals surface area contributed by atoms with Crippen LogP contribution < -0.4 is 5.32 Å². The molecular weight excluding hydrogens is 229 g/mol. The molecule has 0 bridgehead atoms. The van der Waals surface area contributed by atoms with Gasteiger partial charge in [-0.15, -0.1) is 0 Å². The summed E-state index contributed by atoms with van der Waals surface area (Å²) in [6.07, 6.45) is 4.75. The summed E-state index contributed by atoms with van der Waals surface area (Å²) in [6.45, 7) is 3.79. The Morgan fingerprint density at radius 1 is 1.39 bits per heavy atom. The molecule has 1 heterocycles. The van der Waals surface area contributed by atoms with E-state index in [-0.39, 0.29) is 11.9 Å². The zero-order valence-corrected chi connectivity index (χ0v) is 10.8. The number of ether oxygens (including phenoxy) is 1. The van der Waals surface area contributed by atoms with Crippen LogP contribution in [-0.4, -0.2) is 19.2 Å². The van der Waals surface area contributed by atoms with Gasteiger partial charge in [-0.05, 0) is 37.1 Å². The number of benzene rings is 1. The third-order valence-corrected chi connectivity index (χ3v) is 3.10. The Morgan fingerprint density at radius 2 is 2.22 bits per heavy atom. The SMILES string of the molecule is CCCNC(Cc1ccccc1F)C1=CCCO1. The summed E-state index contributed by atoms with van der Waals surface area (Å²) >= 11 is 0. The average molecular weight is 249 g/mol. The minimum Gasteiger partial charge on any atom is -0.496 e. The van der Waals surface area contributed by atoms with Crippen LogP contribution in [0, 0.1) is 5.82 Å². The Kier molecular flexibility index (Phi) is 4.76. The van der Waals surface area contributed by atoms with Crippen molar-refractivity contribution in [1.29, 1.82) is 0 Å². The van der Waals surface area contributed by atoms with Crippen molar-refractivity contribution in [3.63, 3.8) is 0 Å². The van der Waals surface area contributed by atoms with Crippen molar-refractivity contribution in [2.75, 3.05) is 13.2 Å². The molecule has 0 aromatic heterocycles. The van der Waals surface area contributed by atoms with Gasteiger partial charge < -0.3 is 10.1 Å². The van der Waals surface area contributed by atoms with Crippen LogP contribution in [0.15, 0.2) is 36.1 Å². The molecule has 0 fully saturated rings. The summed E-state index contributed by atoms with van der Waals surface area (Å²) in [6, 6.07) is 7.03. The highest BCUT2D eigenvalue weighted by Gasteiger charge is 2.19. The summed E-state index contributed by atoms with van der Waals surface area (Å²) in [5.41, 5.74) is 0.738. The van der Waals surface area contributed by atoms with Crippen LogP contribution in [0.3, 0.4) is 0 Å². The first-order valence-corrected chi connectivity index (χ1v) is 6.61. The van der Waals surface area contributed by atoms with Crippen LogP contribution in [0.5, 0.6) is 0 Å². The predicted molar refractivity (Wildman–Crippen MR) is 70.8 cm³/mol. The maximum absolute atomic E-state index is 13.7. The molecule has 1 aromatic carbocycles. The van der Waals surface area contributed by atoms with Crippen LogP contribution in [0.25, 0.3) is 0 Å². The molecule has 18 heavy (non-hydrogen) atoms. The Morgan fingerprint density at radius 3 is 2.89 bits per heavy atom. The van der Waals surface area contributed by atoms with E-state index in [1.54, 1.807) is 6.07 Å². The fourth-order valence-corrected chi connectivity index (χ4v) is 2.16. The first-order valence-electron chi connectivity index (χ1n) is 6.61. The van der Waals surface area contributed by atoms with Crippen LogP contribution in [0.2, 0.25) is 0 Å². The lowest BCUT2D eigenvalue weighted by Crippen LogP contribution is -2.34. The highest BCUT2D eigenvalue weighted by Crippen LogP contribution is 2.18. The highest BCUT2D eigenvalue weighted by atomic mass is 19.1. The van der Waals surface area contributed by atoms with Gasteiger partial charge >= 0.3 is 0 Å². The number of hydrogen-bond acceptors (Lipinski definition) is 2. The average Bonchev–Trinajstić information content (AvgIpc) is 2.90. The first-order chi connectivity index (χ1) is 8.81. The van der Waals surface area contributed by atoms with E-state index in [2.05, 4.69) is 18.3 Å². The third-order valence-electron chi connectivity index (χ3n) is 3.10. The largest absolute Gasteiger partial charge is 0.496 e. The van der Waals surface area contributed by atoms with E-state index in [1.807, 2.05) is 12.1 Å². The molecule has 1 aliphatic rings. The van der Waals surface area contributed by atoms with Crippen molar-refractivity contribution in [2.45, 2.75) is 32.2 Å². The summed E-state index contributed by atoms with van der Waals surface area (Å²) < 4.78 is 19.3. The van der Waals surface area contributed by atoms with E-state index < -0.39 is 0 Å². The minimum absolute atomic E-state index is 0.0874. The molecule has 0 saturated heterocycles. The lowest BCUT2D eigenvalue weighted by atomic mass is 10.0. The minimum atomic E-state index is -0.139. The van der Waals surface area contributed by atoms with Crippen molar-refractivity contribution in [3.05, 3.63) is 47.5 Å². The lowest BCUT2D eigenvalue weighted by molar-refractivity contribution is 0.214. The quantitative estimate of drug-likeness (QED) is 0.836. The number of rotatable bonds is 6. The molecule has 98 valence electrons. The number of nitrogens with one attached hydrogen (secondary N) is 1. The molecule has 1 atom stereocenters. The molecule has 1 unspecified atom stereocenters. The molecular formula is C15H20FNO. The van der Waals surface area contributed by atoms with Gasteiger partial charge in [0.15, 0.2) is 0 Å². The van der Waals surface area contributed by atoms with Gasteiger partial charge in [0, 0.05) is 6.42 Å². The van der Waals surface area contributed by atoms with Gasteiger partial charge in [-0.1, -0.05) is 25.1 Å². The summed E-state index contributed by atoms with van der Waals surface area (Å²) in [5.74, 6) is 0.825. The zero-order chi connectivity index (χ0) is 12.8. The second-order valence-corrected chi connectivity index (χ2v) is 4.55. The summed E-state index contributed by atoms with van der Waals surface area (Å²) in [5, 5.41) is 3.43. The Labute approximate surface area is 108 Å². The monoisotopic (exact) mass is 249 g/mol. The number of hydrogen-bond donors (Lipinski definition) is 1. The maximum atomic E-state index is 13.7. The van der Waals surface area contributed by atoms with Crippen molar-refractivity contribution in [3.8, 4) is 0 Å². The molecule has 1 aromatic rings.